The van der Waals surface area contributed by atoms with Crippen LogP contribution in [0.4, 0.5) is 16.5 Å². The van der Waals surface area contributed by atoms with Crippen LogP contribution in [-0.4, -0.2) is 33.5 Å². The molecule has 1 fully saturated rings. The first-order valence-electron chi connectivity index (χ1n) is 9.17. The Morgan fingerprint density at radius 1 is 1.23 bits per heavy atom. The first kappa shape index (κ1) is 19.6. The summed E-state index contributed by atoms with van der Waals surface area (Å²) in [4.78, 5) is 37.2. The molecule has 30 heavy (non-hydrogen) atoms. The Labute approximate surface area is 175 Å². The van der Waals surface area contributed by atoms with Gasteiger partial charge >= 0.3 is 0 Å². The van der Waals surface area contributed by atoms with Gasteiger partial charge in [-0.3, -0.25) is 25.0 Å². The predicted octanol–water partition coefficient (Wildman–Crippen LogP) is 3.53. The van der Waals surface area contributed by atoms with Crippen LogP contribution in [0.5, 0.6) is 0 Å². The molecule has 2 aromatic carbocycles. The molecule has 1 N–H and O–H groups in total. The van der Waals surface area contributed by atoms with Crippen molar-refractivity contribution in [3.05, 3.63) is 74.8 Å². The van der Waals surface area contributed by atoms with Gasteiger partial charge in [-0.15, -0.1) is 10.2 Å². The van der Waals surface area contributed by atoms with Gasteiger partial charge in [0.1, 0.15) is 10.6 Å². The molecule has 1 aliphatic rings. The Morgan fingerprint density at radius 2 is 2.03 bits per heavy atom. The number of carbonyl (C=O) groups excluding carboxylic acids is 2. The van der Waals surface area contributed by atoms with Crippen molar-refractivity contribution < 1.29 is 14.5 Å². The van der Waals surface area contributed by atoms with E-state index in [1.165, 1.54) is 29.5 Å². The zero-order valence-electron chi connectivity index (χ0n) is 15.9. The van der Waals surface area contributed by atoms with Crippen LogP contribution in [0.3, 0.4) is 0 Å². The molecule has 152 valence electrons. The average Bonchev–Trinajstić information content (AvgIpc) is 3.34. The quantitative estimate of drug-likeness (QED) is 0.495. The summed E-state index contributed by atoms with van der Waals surface area (Å²) in [5.41, 5.74) is 1.58. The number of hydrogen-bond donors (Lipinski definition) is 1. The predicted molar refractivity (Wildman–Crippen MR) is 112 cm³/mol. The van der Waals surface area contributed by atoms with Crippen LogP contribution in [0, 0.1) is 17.0 Å². The fourth-order valence-corrected chi connectivity index (χ4v) is 4.19. The normalized spacial score (nSPS) is 16.0. The van der Waals surface area contributed by atoms with Crippen LogP contribution in [0.25, 0.3) is 0 Å². The third kappa shape index (κ3) is 3.90. The van der Waals surface area contributed by atoms with Gasteiger partial charge in [-0.05, 0) is 30.7 Å². The second-order valence-electron chi connectivity index (χ2n) is 6.92. The monoisotopic (exact) mass is 423 g/mol. The van der Waals surface area contributed by atoms with Crippen LogP contribution >= 0.6 is 11.3 Å². The Hall–Kier alpha value is -3.66. The lowest BCUT2D eigenvalue weighted by molar-refractivity contribution is -0.385. The minimum absolute atomic E-state index is 0.00583. The third-order valence-electron chi connectivity index (χ3n) is 4.79. The summed E-state index contributed by atoms with van der Waals surface area (Å²) in [6.07, 6.45) is 0.306. The van der Waals surface area contributed by atoms with Gasteiger partial charge in [0.05, 0.1) is 4.92 Å². The summed E-state index contributed by atoms with van der Waals surface area (Å²) in [5, 5.41) is 22.6. The van der Waals surface area contributed by atoms with Crippen molar-refractivity contribution in [1.29, 1.82) is 0 Å². The summed E-state index contributed by atoms with van der Waals surface area (Å²) in [5.74, 6) is -0.757. The van der Waals surface area contributed by atoms with E-state index in [9.17, 15) is 19.7 Å². The van der Waals surface area contributed by atoms with Crippen LogP contribution in [0.15, 0.2) is 48.5 Å². The summed E-state index contributed by atoms with van der Waals surface area (Å²) < 4.78 is 0. The van der Waals surface area contributed by atoms with Gasteiger partial charge in [-0.1, -0.05) is 35.6 Å². The number of hydrogen-bond acceptors (Lipinski definition) is 7. The molecule has 0 radical (unpaired) electrons. The van der Waals surface area contributed by atoms with E-state index in [4.69, 9.17) is 0 Å². The van der Waals surface area contributed by atoms with Gasteiger partial charge in [-0.25, -0.2) is 0 Å². The molecular weight excluding hydrogens is 406 g/mol. The van der Waals surface area contributed by atoms with Gasteiger partial charge < -0.3 is 4.90 Å². The molecule has 3 aromatic rings. The average molecular weight is 423 g/mol. The molecule has 0 saturated carbocycles. The highest BCUT2D eigenvalue weighted by Crippen LogP contribution is 2.34. The summed E-state index contributed by atoms with van der Waals surface area (Å²) in [7, 11) is 0. The fraction of sp³-hybridized carbons (Fsp3) is 0.200. The molecule has 1 aliphatic heterocycles. The maximum absolute atomic E-state index is 12.5. The Morgan fingerprint density at radius 3 is 2.80 bits per heavy atom. The SMILES string of the molecule is Cc1cccc(N2CC(c3nnc(NC(=O)c4ccccc4[N+](=O)[O-])s3)CC2=O)c1. The van der Waals surface area contributed by atoms with E-state index in [-0.39, 0.29) is 28.2 Å². The molecule has 9 nitrogen and oxygen atoms in total. The fourth-order valence-electron chi connectivity index (χ4n) is 3.36. The molecule has 1 atom stereocenters. The topological polar surface area (TPSA) is 118 Å². The second kappa shape index (κ2) is 7.99. The first-order chi connectivity index (χ1) is 14.4. The van der Waals surface area contributed by atoms with Crippen LogP contribution in [0.1, 0.15) is 33.3 Å². The van der Waals surface area contributed by atoms with Crippen molar-refractivity contribution in [2.45, 2.75) is 19.3 Å². The Balaban J connectivity index is 1.48. The van der Waals surface area contributed by atoms with Crippen LogP contribution in [-0.2, 0) is 4.79 Å². The lowest BCUT2D eigenvalue weighted by Gasteiger charge is -2.16. The molecule has 2 amide bonds. The molecule has 0 spiro atoms. The summed E-state index contributed by atoms with van der Waals surface area (Å²) in [6.45, 7) is 2.45. The van der Waals surface area contributed by atoms with Crippen molar-refractivity contribution in [2.24, 2.45) is 0 Å². The molecule has 1 saturated heterocycles. The number of carbonyl (C=O) groups is 2. The van der Waals surface area contributed by atoms with Gasteiger partial charge in [0.15, 0.2) is 0 Å². The van der Waals surface area contributed by atoms with E-state index in [2.05, 4.69) is 15.5 Å². The molecule has 0 aliphatic carbocycles. The highest BCUT2D eigenvalue weighted by molar-refractivity contribution is 7.15. The number of nitro groups is 1. The van der Waals surface area contributed by atoms with Crippen molar-refractivity contribution >= 4 is 39.7 Å². The zero-order chi connectivity index (χ0) is 21.3. The van der Waals surface area contributed by atoms with E-state index in [1.54, 1.807) is 11.0 Å². The van der Waals surface area contributed by atoms with E-state index in [1.807, 2.05) is 31.2 Å². The number of rotatable bonds is 5. The summed E-state index contributed by atoms with van der Waals surface area (Å²) in [6, 6.07) is 13.4. The third-order valence-corrected chi connectivity index (χ3v) is 5.80. The molecule has 1 unspecified atom stereocenters. The van der Waals surface area contributed by atoms with Gasteiger partial charge in [0, 0.05) is 30.6 Å². The van der Waals surface area contributed by atoms with Crippen molar-refractivity contribution in [1.82, 2.24) is 10.2 Å². The number of nitro benzene ring substituents is 1. The van der Waals surface area contributed by atoms with E-state index in [0.717, 1.165) is 11.3 Å². The first-order valence-corrected chi connectivity index (χ1v) is 9.99. The molecule has 1 aromatic heterocycles. The molecule has 10 heteroatoms. The molecular formula is C20H17N5O4S. The van der Waals surface area contributed by atoms with E-state index >= 15 is 0 Å². The lowest BCUT2D eigenvalue weighted by atomic mass is 10.1. The molecule has 0 bridgehead atoms. The van der Waals surface area contributed by atoms with Crippen molar-refractivity contribution in [3.8, 4) is 0 Å². The number of para-hydroxylation sites is 1. The van der Waals surface area contributed by atoms with Gasteiger partial charge in [0.2, 0.25) is 11.0 Å². The number of aromatic nitrogens is 2. The van der Waals surface area contributed by atoms with E-state index < -0.39 is 10.8 Å². The molecule has 4 rings (SSSR count). The van der Waals surface area contributed by atoms with Crippen LogP contribution < -0.4 is 10.2 Å². The minimum Gasteiger partial charge on any atom is -0.312 e. The standard InChI is InChI=1S/C20H17N5O4S/c1-12-5-4-6-14(9-12)24-11-13(10-17(24)26)19-22-23-20(30-19)21-18(27)15-7-2-3-8-16(15)25(28)29/h2-9,13H,10-11H2,1H3,(H,21,23,27). The van der Waals surface area contributed by atoms with Gasteiger partial charge in [0.25, 0.3) is 11.6 Å². The summed E-state index contributed by atoms with van der Waals surface area (Å²) >= 11 is 1.17. The van der Waals surface area contributed by atoms with E-state index in [0.29, 0.717) is 18.0 Å². The number of amides is 2. The zero-order valence-corrected chi connectivity index (χ0v) is 16.8. The van der Waals surface area contributed by atoms with Gasteiger partial charge in [-0.2, -0.15) is 0 Å². The largest absolute Gasteiger partial charge is 0.312 e. The van der Waals surface area contributed by atoms with Crippen molar-refractivity contribution in [2.75, 3.05) is 16.8 Å². The Kier molecular flexibility index (Phi) is 5.23. The highest BCUT2D eigenvalue weighted by atomic mass is 32.1. The smallest absolute Gasteiger partial charge is 0.282 e. The minimum atomic E-state index is -0.631. The number of anilines is 2. The maximum Gasteiger partial charge on any atom is 0.282 e. The number of aryl methyl sites for hydroxylation is 1. The number of benzene rings is 2. The number of nitrogens with one attached hydrogen (secondary N) is 1. The second-order valence-corrected chi connectivity index (χ2v) is 7.93. The Bertz CT molecular complexity index is 1150. The lowest BCUT2D eigenvalue weighted by Crippen LogP contribution is -2.24. The highest BCUT2D eigenvalue weighted by Gasteiger charge is 2.34. The number of nitrogens with zero attached hydrogens (tertiary/aromatic N) is 4. The van der Waals surface area contributed by atoms with Crippen molar-refractivity contribution in [3.63, 3.8) is 0 Å². The van der Waals surface area contributed by atoms with Crippen LogP contribution in [0.2, 0.25) is 0 Å². The molecule has 2 heterocycles. The maximum atomic E-state index is 12.5.